The third-order valence-electron chi connectivity index (χ3n) is 6.61. The molecule has 0 unspecified atom stereocenters. The Labute approximate surface area is 219 Å². The van der Waals surface area contributed by atoms with Crippen LogP contribution in [0.15, 0.2) is 60.8 Å². The minimum atomic E-state index is -0.213. The van der Waals surface area contributed by atoms with Gasteiger partial charge in [0, 0.05) is 37.0 Å². The van der Waals surface area contributed by atoms with Gasteiger partial charge in [0.05, 0.1) is 9.26 Å². The summed E-state index contributed by atoms with van der Waals surface area (Å²) in [5.41, 5.74) is 9.16. The van der Waals surface area contributed by atoms with Gasteiger partial charge in [-0.2, -0.15) is 0 Å². The Morgan fingerprint density at radius 3 is 2.57 bits per heavy atom. The number of carbonyl (C=O) groups is 2. The average molecular weight is 583 g/mol. The number of nitrogens with two attached hydrogens (primary N) is 1. The zero-order valence-corrected chi connectivity index (χ0v) is 21.9. The summed E-state index contributed by atoms with van der Waals surface area (Å²) < 4.78 is 0.975. The Balaban J connectivity index is 1.37. The van der Waals surface area contributed by atoms with Crippen molar-refractivity contribution in [2.24, 2.45) is 17.6 Å². The molecule has 2 atom stereocenters. The number of likely N-dealkylation sites (N-methyl/N-ethyl adjacent to an activating group) is 1. The maximum absolute atomic E-state index is 12.8. The summed E-state index contributed by atoms with van der Waals surface area (Å²) in [5, 5.41) is 3.23. The Kier molecular flexibility index (Phi) is 8.33. The van der Waals surface area contributed by atoms with Crippen molar-refractivity contribution in [2.75, 3.05) is 18.9 Å². The lowest BCUT2D eigenvalue weighted by Crippen LogP contribution is -2.28. The normalized spacial score (nSPS) is 17.2. The van der Waals surface area contributed by atoms with Gasteiger partial charge in [-0.3, -0.25) is 9.59 Å². The van der Waals surface area contributed by atoms with Crippen LogP contribution in [-0.4, -0.2) is 40.3 Å². The molecule has 1 aliphatic rings. The van der Waals surface area contributed by atoms with E-state index in [9.17, 15) is 9.59 Å². The van der Waals surface area contributed by atoms with E-state index in [-0.39, 0.29) is 23.7 Å². The second-order valence-electron chi connectivity index (χ2n) is 9.06. The number of benzene rings is 2. The van der Waals surface area contributed by atoms with E-state index in [0.29, 0.717) is 24.5 Å². The molecule has 1 heterocycles. The van der Waals surface area contributed by atoms with Crippen LogP contribution in [0.2, 0.25) is 0 Å². The fourth-order valence-corrected chi connectivity index (χ4v) is 5.08. The van der Waals surface area contributed by atoms with Crippen molar-refractivity contribution in [1.82, 2.24) is 14.9 Å². The van der Waals surface area contributed by atoms with Gasteiger partial charge in [0.1, 0.15) is 0 Å². The van der Waals surface area contributed by atoms with E-state index in [1.54, 1.807) is 11.1 Å². The third kappa shape index (κ3) is 6.56. The second kappa shape index (κ2) is 11.6. The van der Waals surface area contributed by atoms with E-state index >= 15 is 0 Å². The predicted molar refractivity (Wildman–Crippen MR) is 145 cm³/mol. The van der Waals surface area contributed by atoms with Gasteiger partial charge in [0.2, 0.25) is 11.9 Å². The molecule has 0 aliphatic heterocycles. The molecule has 1 fully saturated rings. The number of amides is 2. The van der Waals surface area contributed by atoms with Gasteiger partial charge in [-0.25, -0.2) is 9.97 Å². The van der Waals surface area contributed by atoms with Crippen molar-refractivity contribution in [3.05, 3.63) is 81.2 Å². The van der Waals surface area contributed by atoms with Crippen molar-refractivity contribution in [3.8, 4) is 0 Å². The number of nitrogens with one attached hydrogen (secondary N) is 1. The highest BCUT2D eigenvalue weighted by molar-refractivity contribution is 14.1. The molecule has 1 saturated carbocycles. The van der Waals surface area contributed by atoms with Crippen LogP contribution < -0.4 is 11.1 Å². The fraction of sp³-hybridized carbons (Fsp3) is 0.333. The first-order chi connectivity index (χ1) is 16.9. The first-order valence-corrected chi connectivity index (χ1v) is 13.0. The smallest absolute Gasteiger partial charge is 0.253 e. The van der Waals surface area contributed by atoms with Crippen LogP contribution in [0.25, 0.3) is 0 Å². The Hall–Kier alpha value is -3.01. The van der Waals surface area contributed by atoms with Crippen LogP contribution >= 0.6 is 22.6 Å². The summed E-state index contributed by atoms with van der Waals surface area (Å²) in [4.78, 5) is 35.4. The molecule has 3 N–H and O–H groups in total. The van der Waals surface area contributed by atoms with Crippen molar-refractivity contribution >= 4 is 46.0 Å². The Bertz CT molecular complexity index is 1170. The molecular weight excluding hydrogens is 553 g/mol. The van der Waals surface area contributed by atoms with Crippen molar-refractivity contribution in [1.29, 1.82) is 0 Å². The van der Waals surface area contributed by atoms with E-state index in [4.69, 9.17) is 10.7 Å². The number of nitrogens with zero attached hydrogens (tertiary/aromatic N) is 3. The molecule has 7 nitrogen and oxygen atoms in total. The van der Waals surface area contributed by atoms with Gasteiger partial charge in [0.25, 0.3) is 5.91 Å². The predicted octanol–water partition coefficient (Wildman–Crippen LogP) is 4.58. The summed E-state index contributed by atoms with van der Waals surface area (Å²) in [6.45, 7) is 0.653. The first kappa shape index (κ1) is 25.1. The number of hydrogen-bond donors (Lipinski definition) is 2. The minimum Gasteiger partial charge on any atom is -0.369 e. The van der Waals surface area contributed by atoms with Gasteiger partial charge in [-0.1, -0.05) is 36.8 Å². The van der Waals surface area contributed by atoms with E-state index in [0.717, 1.165) is 40.6 Å². The lowest BCUT2D eigenvalue weighted by atomic mass is 9.91. The van der Waals surface area contributed by atoms with E-state index < -0.39 is 0 Å². The number of halogens is 1. The highest BCUT2D eigenvalue weighted by Gasteiger charge is 2.32. The monoisotopic (exact) mass is 583 g/mol. The van der Waals surface area contributed by atoms with Gasteiger partial charge in [0.15, 0.2) is 0 Å². The molecule has 1 aliphatic carbocycles. The molecule has 8 heteroatoms. The molecule has 0 saturated heterocycles. The van der Waals surface area contributed by atoms with Crippen LogP contribution in [0.5, 0.6) is 0 Å². The third-order valence-corrected chi connectivity index (χ3v) is 7.51. The highest BCUT2D eigenvalue weighted by atomic mass is 127. The van der Waals surface area contributed by atoms with Gasteiger partial charge in [-0.05, 0) is 84.0 Å². The van der Waals surface area contributed by atoms with Crippen LogP contribution in [0.3, 0.4) is 0 Å². The average Bonchev–Trinajstić information content (AvgIpc) is 3.34. The number of rotatable bonds is 9. The van der Waals surface area contributed by atoms with Crippen molar-refractivity contribution in [3.63, 3.8) is 0 Å². The first-order valence-electron chi connectivity index (χ1n) is 11.9. The maximum atomic E-state index is 12.8. The summed E-state index contributed by atoms with van der Waals surface area (Å²) in [6.07, 6.45) is 6.20. The van der Waals surface area contributed by atoms with E-state index in [1.165, 1.54) is 5.56 Å². The molecular formula is C27H30IN5O2. The molecule has 35 heavy (non-hydrogen) atoms. The van der Waals surface area contributed by atoms with Crippen LogP contribution in [0.1, 0.15) is 40.9 Å². The number of hydrogen-bond acceptors (Lipinski definition) is 5. The quantitative estimate of drug-likeness (QED) is 0.359. The lowest BCUT2D eigenvalue weighted by molar-refractivity contribution is -0.122. The Morgan fingerprint density at radius 2 is 1.86 bits per heavy atom. The number of aromatic nitrogens is 2. The highest BCUT2D eigenvalue weighted by Crippen LogP contribution is 2.34. The summed E-state index contributed by atoms with van der Waals surface area (Å²) in [5.74, 6) is 0.422. The minimum absolute atomic E-state index is 0.0131. The SMILES string of the molecule is CN(CCc1ccccc1)C(=O)c1ccc(Nc2ncc(I)c(C[C@@H]3CCC[C@@H]3C(N)=O)n2)cc1. The molecule has 182 valence electrons. The Morgan fingerprint density at radius 1 is 1.11 bits per heavy atom. The van der Waals surface area contributed by atoms with Crippen molar-refractivity contribution in [2.45, 2.75) is 32.1 Å². The zero-order valence-electron chi connectivity index (χ0n) is 19.8. The maximum Gasteiger partial charge on any atom is 0.253 e. The molecule has 0 spiro atoms. The number of carbonyl (C=O) groups excluding carboxylic acids is 2. The molecule has 3 aromatic rings. The second-order valence-corrected chi connectivity index (χ2v) is 10.2. The molecule has 2 amide bonds. The van der Waals surface area contributed by atoms with Crippen LogP contribution in [0.4, 0.5) is 11.6 Å². The number of primary amides is 1. The summed E-state index contributed by atoms with van der Waals surface area (Å²) in [7, 11) is 1.82. The van der Waals surface area contributed by atoms with Gasteiger partial charge >= 0.3 is 0 Å². The fourth-order valence-electron chi connectivity index (χ4n) is 4.60. The topological polar surface area (TPSA) is 101 Å². The number of anilines is 2. The van der Waals surface area contributed by atoms with Crippen LogP contribution in [0, 0.1) is 15.4 Å². The molecule has 1 aromatic heterocycles. The molecule has 4 rings (SSSR count). The standard InChI is InChI=1S/C27H30IN5O2/c1-33(15-14-18-6-3-2-4-7-18)26(35)19-10-12-21(13-11-19)31-27-30-17-23(28)24(32-27)16-20-8-5-9-22(20)25(29)34/h2-4,6-7,10-13,17,20,22H,5,8-9,14-16H2,1H3,(H2,29,34)(H,30,31,32)/t20-,22-/m0/s1. The van der Waals surface area contributed by atoms with Gasteiger partial charge in [-0.15, -0.1) is 0 Å². The molecule has 0 bridgehead atoms. The van der Waals surface area contributed by atoms with Crippen LogP contribution in [-0.2, 0) is 17.6 Å². The lowest BCUT2D eigenvalue weighted by Gasteiger charge is -2.18. The van der Waals surface area contributed by atoms with E-state index in [2.05, 4.69) is 45.0 Å². The molecule has 2 aromatic carbocycles. The van der Waals surface area contributed by atoms with Crippen molar-refractivity contribution < 1.29 is 9.59 Å². The largest absolute Gasteiger partial charge is 0.369 e. The molecule has 0 radical (unpaired) electrons. The van der Waals surface area contributed by atoms with Gasteiger partial charge < -0.3 is 16.0 Å². The zero-order chi connectivity index (χ0) is 24.8. The summed E-state index contributed by atoms with van der Waals surface area (Å²) in [6, 6.07) is 17.5. The van der Waals surface area contributed by atoms with E-state index in [1.807, 2.05) is 49.5 Å². The summed E-state index contributed by atoms with van der Waals surface area (Å²) >= 11 is 2.24.